The van der Waals surface area contributed by atoms with Gasteiger partial charge >= 0.3 is 0 Å². The number of benzene rings is 2. The number of rotatable bonds is 4. The fourth-order valence-electron chi connectivity index (χ4n) is 2.32. The maximum absolute atomic E-state index is 13.3. The van der Waals surface area contributed by atoms with Crippen molar-refractivity contribution in [1.82, 2.24) is 4.90 Å². The third-order valence-corrected chi connectivity index (χ3v) is 4.92. The van der Waals surface area contributed by atoms with Crippen molar-refractivity contribution >= 4 is 52.1 Å². The summed E-state index contributed by atoms with van der Waals surface area (Å²) in [6, 6.07) is 12.7. The second kappa shape index (κ2) is 8.37. The summed E-state index contributed by atoms with van der Waals surface area (Å²) in [5.41, 5.74) is 1.38. The maximum atomic E-state index is 13.3. The van der Waals surface area contributed by atoms with Gasteiger partial charge in [-0.3, -0.25) is 14.5 Å². The van der Waals surface area contributed by atoms with Crippen molar-refractivity contribution in [1.29, 1.82) is 0 Å². The lowest BCUT2D eigenvalue weighted by atomic mass is 10.2. The Morgan fingerprint density at radius 2 is 2.04 bits per heavy atom. The van der Waals surface area contributed by atoms with Gasteiger partial charge in [0.15, 0.2) is 5.17 Å². The van der Waals surface area contributed by atoms with E-state index in [1.165, 1.54) is 23.1 Å². The van der Waals surface area contributed by atoms with E-state index in [9.17, 15) is 14.0 Å². The Balaban J connectivity index is 1.64. The molecule has 0 aromatic heterocycles. The van der Waals surface area contributed by atoms with Gasteiger partial charge in [-0.15, -0.1) is 0 Å². The summed E-state index contributed by atoms with van der Waals surface area (Å²) in [4.78, 5) is 30.0. The van der Waals surface area contributed by atoms with Crippen LogP contribution >= 0.6 is 23.4 Å². The molecule has 8 heteroatoms. The molecule has 2 amide bonds. The van der Waals surface area contributed by atoms with E-state index >= 15 is 0 Å². The van der Waals surface area contributed by atoms with Gasteiger partial charge in [0, 0.05) is 17.8 Å². The topological polar surface area (TPSA) is 61.8 Å². The van der Waals surface area contributed by atoms with Crippen LogP contribution in [0.1, 0.15) is 5.56 Å². The summed E-state index contributed by atoms with van der Waals surface area (Å²) < 4.78 is 13.3. The van der Waals surface area contributed by atoms with Crippen LogP contribution in [-0.2, 0) is 9.59 Å². The number of nitrogens with one attached hydrogen (secondary N) is 1. The van der Waals surface area contributed by atoms with Gasteiger partial charge in [0.25, 0.3) is 5.91 Å². The number of carbonyl (C=O) groups is 2. The number of hydrogen-bond donors (Lipinski definition) is 1. The summed E-state index contributed by atoms with van der Waals surface area (Å²) in [7, 11) is 1.58. The lowest BCUT2D eigenvalue weighted by molar-refractivity contribution is -0.121. The van der Waals surface area contributed by atoms with Gasteiger partial charge in [0.1, 0.15) is 11.5 Å². The van der Waals surface area contributed by atoms with Crippen molar-refractivity contribution in [3.8, 4) is 0 Å². The molecule has 0 radical (unpaired) electrons. The van der Waals surface area contributed by atoms with Gasteiger partial charge < -0.3 is 5.32 Å². The van der Waals surface area contributed by atoms with Crippen molar-refractivity contribution in [2.75, 3.05) is 18.1 Å². The first-order chi connectivity index (χ1) is 12.9. The molecule has 0 saturated heterocycles. The van der Waals surface area contributed by atoms with Gasteiger partial charge in [-0.05, 0) is 48.0 Å². The third-order valence-electron chi connectivity index (χ3n) is 3.64. The van der Waals surface area contributed by atoms with Crippen molar-refractivity contribution in [3.05, 3.63) is 70.6 Å². The predicted octanol–water partition coefficient (Wildman–Crippen LogP) is 4.02. The van der Waals surface area contributed by atoms with Crippen LogP contribution in [0.15, 0.2) is 59.2 Å². The minimum Gasteiger partial charge on any atom is -0.325 e. The zero-order valence-corrected chi connectivity index (χ0v) is 15.9. The van der Waals surface area contributed by atoms with Crippen molar-refractivity contribution in [3.63, 3.8) is 0 Å². The van der Waals surface area contributed by atoms with Crippen LogP contribution in [0.2, 0.25) is 5.02 Å². The number of amidine groups is 1. The van der Waals surface area contributed by atoms with E-state index in [2.05, 4.69) is 10.3 Å². The quantitative estimate of drug-likeness (QED) is 0.784. The average molecular weight is 404 g/mol. The molecule has 0 bridgehead atoms. The van der Waals surface area contributed by atoms with Gasteiger partial charge in [-0.2, -0.15) is 0 Å². The Labute approximate surface area is 164 Å². The van der Waals surface area contributed by atoms with Crippen LogP contribution in [0.3, 0.4) is 0 Å². The molecule has 2 aromatic carbocycles. The van der Waals surface area contributed by atoms with Gasteiger partial charge in [0.2, 0.25) is 5.91 Å². The molecule has 1 heterocycles. The zero-order chi connectivity index (χ0) is 19.4. The predicted molar refractivity (Wildman–Crippen MR) is 107 cm³/mol. The molecule has 1 N–H and O–H groups in total. The van der Waals surface area contributed by atoms with Gasteiger partial charge in [-0.25, -0.2) is 9.38 Å². The van der Waals surface area contributed by atoms with Gasteiger partial charge in [0.05, 0.1) is 5.75 Å². The van der Waals surface area contributed by atoms with Crippen LogP contribution in [-0.4, -0.2) is 34.7 Å². The Hall–Kier alpha value is -2.64. The summed E-state index contributed by atoms with van der Waals surface area (Å²) >= 11 is 6.96. The Bertz CT molecular complexity index is 944. The lowest BCUT2D eigenvalue weighted by Gasteiger charge is -2.10. The molecule has 27 heavy (non-hydrogen) atoms. The Morgan fingerprint density at radius 1 is 1.30 bits per heavy atom. The van der Waals surface area contributed by atoms with Crippen molar-refractivity contribution < 1.29 is 14.0 Å². The summed E-state index contributed by atoms with van der Waals surface area (Å²) in [5.74, 6) is -0.833. The number of aliphatic imine (C=N–C) groups is 1. The minimum atomic E-state index is -0.388. The Kier molecular flexibility index (Phi) is 5.93. The molecule has 5 nitrogen and oxygen atoms in total. The average Bonchev–Trinajstić information content (AvgIpc) is 2.90. The van der Waals surface area contributed by atoms with E-state index in [-0.39, 0.29) is 29.1 Å². The van der Waals surface area contributed by atoms with E-state index in [0.29, 0.717) is 21.4 Å². The highest BCUT2D eigenvalue weighted by Gasteiger charge is 2.27. The molecular weight excluding hydrogens is 389 g/mol. The summed E-state index contributed by atoms with van der Waals surface area (Å²) in [6.07, 6.45) is 1.52. The number of amides is 2. The normalized spacial score (nSPS) is 15.2. The minimum absolute atomic E-state index is 0.0896. The van der Waals surface area contributed by atoms with E-state index in [0.717, 1.165) is 11.8 Å². The van der Waals surface area contributed by atoms with E-state index in [1.54, 1.807) is 43.4 Å². The molecule has 0 saturated carbocycles. The van der Waals surface area contributed by atoms with Crippen LogP contribution in [0.4, 0.5) is 10.1 Å². The largest absolute Gasteiger partial charge is 0.325 e. The highest BCUT2D eigenvalue weighted by atomic mass is 35.5. The number of thioether (sulfide) groups is 1. The van der Waals surface area contributed by atoms with Crippen LogP contribution in [0.25, 0.3) is 6.08 Å². The summed E-state index contributed by atoms with van der Waals surface area (Å²) in [6.45, 7) is 0. The third kappa shape index (κ3) is 4.96. The van der Waals surface area contributed by atoms with E-state index < -0.39 is 0 Å². The summed E-state index contributed by atoms with van der Waals surface area (Å²) in [5, 5.41) is 3.74. The molecule has 0 unspecified atom stereocenters. The second-order valence-electron chi connectivity index (χ2n) is 5.69. The second-order valence-corrected chi connectivity index (χ2v) is 7.07. The number of anilines is 1. The highest BCUT2D eigenvalue weighted by Crippen LogP contribution is 2.23. The van der Waals surface area contributed by atoms with Crippen molar-refractivity contribution in [2.45, 2.75) is 0 Å². The number of hydrogen-bond acceptors (Lipinski definition) is 4. The first kappa shape index (κ1) is 19.1. The van der Waals surface area contributed by atoms with Crippen LogP contribution in [0.5, 0.6) is 0 Å². The van der Waals surface area contributed by atoms with Crippen LogP contribution in [0, 0.1) is 5.82 Å². The van der Waals surface area contributed by atoms with Gasteiger partial charge in [-0.1, -0.05) is 35.5 Å². The zero-order valence-electron chi connectivity index (χ0n) is 14.3. The molecule has 2 aromatic rings. The fraction of sp³-hybridized carbons (Fsp3) is 0.105. The standard InChI is InChI=1S/C19H15ClFN3O2S/c1-24-18(26)16(10-12-3-2-4-14(21)9-12)23-19(24)27-11-17(25)22-15-7-5-13(20)6-8-15/h2-10H,11H2,1H3,(H,22,25). The maximum Gasteiger partial charge on any atom is 0.278 e. The van der Waals surface area contributed by atoms with E-state index in [4.69, 9.17) is 11.6 Å². The van der Waals surface area contributed by atoms with E-state index in [1.807, 2.05) is 0 Å². The molecule has 0 atom stereocenters. The molecule has 0 spiro atoms. The smallest absolute Gasteiger partial charge is 0.278 e. The molecule has 138 valence electrons. The molecule has 3 rings (SSSR count). The number of nitrogens with zero attached hydrogens (tertiary/aromatic N) is 2. The van der Waals surface area contributed by atoms with Crippen molar-refractivity contribution in [2.24, 2.45) is 4.99 Å². The molecular formula is C19H15ClFN3O2S. The SMILES string of the molecule is CN1C(=O)C(=Cc2cccc(F)c2)N=C1SCC(=O)Nc1ccc(Cl)cc1. The molecule has 0 fully saturated rings. The molecule has 1 aliphatic rings. The monoisotopic (exact) mass is 403 g/mol. The first-order valence-corrected chi connectivity index (χ1v) is 9.31. The first-order valence-electron chi connectivity index (χ1n) is 7.94. The molecule has 0 aliphatic carbocycles. The highest BCUT2D eigenvalue weighted by molar-refractivity contribution is 8.14. The Morgan fingerprint density at radius 3 is 2.74 bits per heavy atom. The number of carbonyl (C=O) groups excluding carboxylic acids is 2. The number of likely N-dealkylation sites (N-methyl/N-ethyl adjacent to an activating group) is 1. The fourth-order valence-corrected chi connectivity index (χ4v) is 3.22. The molecule has 1 aliphatic heterocycles. The number of halogens is 2. The lowest BCUT2D eigenvalue weighted by Crippen LogP contribution is -2.27. The van der Waals surface area contributed by atoms with Crippen LogP contribution < -0.4 is 5.32 Å².